The minimum Gasteiger partial charge on any atom is -0.378 e. The van der Waals surface area contributed by atoms with Crippen LogP contribution in [0.15, 0.2) is 5.38 Å². The van der Waals surface area contributed by atoms with Gasteiger partial charge in [0.05, 0.1) is 13.2 Å². The van der Waals surface area contributed by atoms with Crippen molar-refractivity contribution >= 4 is 22.4 Å². The number of rotatable bonds is 3. The highest BCUT2D eigenvalue weighted by Crippen LogP contribution is 2.20. The third-order valence-corrected chi connectivity index (χ3v) is 3.52. The lowest BCUT2D eigenvalue weighted by Gasteiger charge is -2.25. The van der Waals surface area contributed by atoms with Gasteiger partial charge in [-0.1, -0.05) is 5.92 Å². The lowest BCUT2D eigenvalue weighted by molar-refractivity contribution is -0.118. The van der Waals surface area contributed by atoms with Crippen molar-refractivity contribution in [3.8, 4) is 11.8 Å². The Morgan fingerprint density at radius 1 is 1.58 bits per heavy atom. The summed E-state index contributed by atoms with van der Waals surface area (Å²) in [6.07, 6.45) is 0.643. The van der Waals surface area contributed by atoms with E-state index in [0.717, 1.165) is 37.1 Å². The Labute approximate surface area is 117 Å². The van der Waals surface area contributed by atoms with Crippen LogP contribution < -0.4 is 10.2 Å². The number of ether oxygens (including phenoxy) is 1. The first-order valence-corrected chi connectivity index (χ1v) is 7.15. The monoisotopic (exact) mass is 279 g/mol. The van der Waals surface area contributed by atoms with E-state index in [9.17, 15) is 4.79 Å². The molecule has 102 valence electrons. The molecule has 1 aliphatic rings. The summed E-state index contributed by atoms with van der Waals surface area (Å²) in [6.45, 7) is 5.39. The average Bonchev–Trinajstić information content (AvgIpc) is 2.88. The second-order valence-corrected chi connectivity index (χ2v) is 4.99. The molecule has 0 radical (unpaired) electrons. The van der Waals surface area contributed by atoms with Gasteiger partial charge in [0, 0.05) is 38.4 Å². The Hall–Kier alpha value is -1.58. The summed E-state index contributed by atoms with van der Waals surface area (Å²) in [5.74, 6) is 6.00. The Bertz CT molecular complexity index is 484. The van der Waals surface area contributed by atoms with Crippen LogP contribution in [-0.4, -0.2) is 43.7 Å². The predicted molar refractivity (Wildman–Crippen MR) is 75.3 cm³/mol. The van der Waals surface area contributed by atoms with Gasteiger partial charge < -0.3 is 15.0 Å². The number of carbonyl (C=O) groups excluding carboxylic acids is 1. The molecule has 1 aliphatic heterocycles. The summed E-state index contributed by atoms with van der Waals surface area (Å²) in [7, 11) is 0. The zero-order valence-corrected chi connectivity index (χ0v) is 11.8. The molecule has 2 rings (SSSR count). The van der Waals surface area contributed by atoms with Crippen LogP contribution >= 0.6 is 11.3 Å². The fraction of sp³-hybridized carbons (Fsp3) is 0.538. The highest BCUT2D eigenvalue weighted by atomic mass is 32.1. The van der Waals surface area contributed by atoms with Crippen LogP contribution in [0.2, 0.25) is 0 Å². The normalized spacial score (nSPS) is 14.7. The zero-order valence-electron chi connectivity index (χ0n) is 10.9. The number of amides is 1. The van der Waals surface area contributed by atoms with Crippen LogP contribution in [0.25, 0.3) is 0 Å². The van der Waals surface area contributed by atoms with E-state index < -0.39 is 0 Å². The minimum atomic E-state index is -0.0231. The second-order valence-electron chi connectivity index (χ2n) is 4.15. The number of carbonyl (C=O) groups is 1. The van der Waals surface area contributed by atoms with Gasteiger partial charge in [-0.05, 0) is 5.92 Å². The Morgan fingerprint density at radius 3 is 3.11 bits per heavy atom. The van der Waals surface area contributed by atoms with Gasteiger partial charge in [0.25, 0.3) is 0 Å². The first-order chi connectivity index (χ1) is 9.25. The van der Waals surface area contributed by atoms with E-state index in [4.69, 9.17) is 4.74 Å². The van der Waals surface area contributed by atoms with Crippen molar-refractivity contribution in [3.05, 3.63) is 11.1 Å². The van der Waals surface area contributed by atoms with E-state index in [1.807, 2.05) is 5.38 Å². The third kappa shape index (κ3) is 4.54. The van der Waals surface area contributed by atoms with Crippen LogP contribution in [0.1, 0.15) is 19.0 Å². The Balaban J connectivity index is 1.83. The molecule has 0 unspecified atom stereocenters. The maximum atomic E-state index is 10.7. The van der Waals surface area contributed by atoms with E-state index in [0.29, 0.717) is 13.0 Å². The number of hydrogen-bond acceptors (Lipinski definition) is 5. The average molecular weight is 279 g/mol. The van der Waals surface area contributed by atoms with Gasteiger partial charge in [0.2, 0.25) is 5.91 Å². The molecule has 6 heteroatoms. The topological polar surface area (TPSA) is 54.5 Å². The molecule has 0 bridgehead atoms. The number of nitrogens with zero attached hydrogens (tertiary/aromatic N) is 2. The molecule has 0 atom stereocenters. The molecule has 0 aliphatic carbocycles. The minimum absolute atomic E-state index is 0.0231. The summed E-state index contributed by atoms with van der Waals surface area (Å²) in [5.41, 5.74) is 0.800. The molecule has 1 saturated heterocycles. The van der Waals surface area contributed by atoms with Crippen molar-refractivity contribution in [2.75, 3.05) is 37.7 Å². The van der Waals surface area contributed by atoms with E-state index in [-0.39, 0.29) is 5.91 Å². The van der Waals surface area contributed by atoms with Crippen LogP contribution in [0.4, 0.5) is 5.13 Å². The fourth-order valence-corrected chi connectivity index (χ4v) is 2.49. The van der Waals surface area contributed by atoms with Crippen molar-refractivity contribution in [1.29, 1.82) is 0 Å². The molecule has 0 aromatic carbocycles. The largest absolute Gasteiger partial charge is 0.378 e. The lowest BCUT2D eigenvalue weighted by Crippen LogP contribution is -2.36. The zero-order chi connectivity index (χ0) is 13.5. The molecule has 2 heterocycles. The van der Waals surface area contributed by atoms with Gasteiger partial charge in [-0.25, -0.2) is 4.98 Å². The molecular formula is C13H17N3O2S. The fourth-order valence-electron chi connectivity index (χ4n) is 1.68. The summed E-state index contributed by atoms with van der Waals surface area (Å²) in [4.78, 5) is 17.4. The number of morpholine rings is 1. The Morgan fingerprint density at radius 2 is 2.37 bits per heavy atom. The van der Waals surface area contributed by atoms with Crippen LogP contribution in [-0.2, 0) is 9.53 Å². The summed E-state index contributed by atoms with van der Waals surface area (Å²) >= 11 is 1.61. The summed E-state index contributed by atoms with van der Waals surface area (Å²) in [5, 5.41) is 5.68. The van der Waals surface area contributed by atoms with Gasteiger partial charge in [0.1, 0.15) is 5.69 Å². The number of hydrogen-bond donors (Lipinski definition) is 1. The van der Waals surface area contributed by atoms with Crippen molar-refractivity contribution in [1.82, 2.24) is 10.3 Å². The highest BCUT2D eigenvalue weighted by Gasteiger charge is 2.13. The van der Waals surface area contributed by atoms with Gasteiger partial charge in [-0.2, -0.15) is 0 Å². The first-order valence-electron chi connectivity index (χ1n) is 6.27. The number of anilines is 1. The smallest absolute Gasteiger partial charge is 0.216 e. The van der Waals surface area contributed by atoms with E-state index >= 15 is 0 Å². The maximum absolute atomic E-state index is 10.7. The van der Waals surface area contributed by atoms with Gasteiger partial charge >= 0.3 is 0 Å². The molecule has 19 heavy (non-hydrogen) atoms. The third-order valence-electron chi connectivity index (χ3n) is 2.61. The molecule has 1 amide bonds. The standard InChI is InChI=1S/C13H17N3O2S/c1-11(17)14-5-3-2-4-12-10-19-13(15-12)16-6-8-18-9-7-16/h10H,3,5-9H2,1H3,(H,14,17). The van der Waals surface area contributed by atoms with Crippen molar-refractivity contribution in [2.24, 2.45) is 0 Å². The number of aromatic nitrogens is 1. The quantitative estimate of drug-likeness (QED) is 0.658. The molecule has 1 aromatic rings. The maximum Gasteiger partial charge on any atom is 0.216 e. The number of thiazole rings is 1. The molecule has 0 saturated carbocycles. The molecule has 1 N–H and O–H groups in total. The van der Waals surface area contributed by atoms with E-state index in [1.54, 1.807) is 11.3 Å². The van der Waals surface area contributed by atoms with Crippen LogP contribution in [0.5, 0.6) is 0 Å². The molecule has 0 spiro atoms. The van der Waals surface area contributed by atoms with Gasteiger partial charge in [-0.3, -0.25) is 4.79 Å². The Kier molecular flexibility index (Phi) is 5.19. The van der Waals surface area contributed by atoms with Gasteiger partial charge in [0.15, 0.2) is 5.13 Å². The first kappa shape index (κ1) is 13.8. The predicted octanol–water partition coefficient (Wildman–Crippen LogP) is 0.857. The molecule has 1 aromatic heterocycles. The summed E-state index contributed by atoms with van der Waals surface area (Å²) in [6, 6.07) is 0. The van der Waals surface area contributed by atoms with Gasteiger partial charge in [-0.15, -0.1) is 11.3 Å². The van der Waals surface area contributed by atoms with Crippen LogP contribution in [0, 0.1) is 11.8 Å². The van der Waals surface area contributed by atoms with Crippen molar-refractivity contribution in [2.45, 2.75) is 13.3 Å². The SMILES string of the molecule is CC(=O)NCCC#Cc1csc(N2CCOCC2)n1. The van der Waals surface area contributed by atoms with E-state index in [2.05, 4.69) is 27.0 Å². The number of nitrogens with one attached hydrogen (secondary N) is 1. The highest BCUT2D eigenvalue weighted by molar-refractivity contribution is 7.13. The molecule has 1 fully saturated rings. The molecular weight excluding hydrogens is 262 g/mol. The second kappa shape index (κ2) is 7.12. The van der Waals surface area contributed by atoms with Crippen molar-refractivity contribution < 1.29 is 9.53 Å². The lowest BCUT2D eigenvalue weighted by atomic mass is 10.4. The molecule has 5 nitrogen and oxygen atoms in total. The summed E-state index contributed by atoms with van der Waals surface area (Å²) < 4.78 is 5.31. The van der Waals surface area contributed by atoms with E-state index in [1.165, 1.54) is 6.92 Å². The van der Waals surface area contributed by atoms with Crippen LogP contribution in [0.3, 0.4) is 0 Å². The van der Waals surface area contributed by atoms with Crippen molar-refractivity contribution in [3.63, 3.8) is 0 Å².